The molecule has 10 rings (SSSR count). The second kappa shape index (κ2) is 10.6. The van der Waals surface area contributed by atoms with Gasteiger partial charge < -0.3 is 9.13 Å². The molecule has 10 aromatic rings. The average molecular weight is 611 g/mol. The van der Waals surface area contributed by atoms with Crippen LogP contribution in [0, 0.1) is 0 Å². The zero-order valence-electron chi connectivity index (χ0n) is 26.2. The highest BCUT2D eigenvalue weighted by molar-refractivity contribution is 6.19. The van der Waals surface area contributed by atoms with E-state index in [4.69, 9.17) is 0 Å². The van der Waals surface area contributed by atoms with E-state index >= 15 is 0 Å². The lowest BCUT2D eigenvalue weighted by molar-refractivity contribution is 1.17. The van der Waals surface area contributed by atoms with Gasteiger partial charge in [-0.25, -0.2) is 0 Å². The zero-order valence-corrected chi connectivity index (χ0v) is 26.2. The molecule has 0 bridgehead atoms. The van der Waals surface area contributed by atoms with Gasteiger partial charge in [-0.05, 0) is 70.1 Å². The van der Waals surface area contributed by atoms with Crippen molar-refractivity contribution >= 4 is 54.4 Å². The maximum atomic E-state index is 2.47. The van der Waals surface area contributed by atoms with Crippen molar-refractivity contribution in [2.24, 2.45) is 0 Å². The van der Waals surface area contributed by atoms with Gasteiger partial charge in [0.2, 0.25) is 0 Å². The molecule has 0 aliphatic carbocycles. The van der Waals surface area contributed by atoms with Crippen LogP contribution in [0.25, 0.3) is 88.0 Å². The lowest BCUT2D eigenvalue weighted by Gasteiger charge is -2.15. The number of hydrogen-bond donors (Lipinski definition) is 0. The van der Waals surface area contributed by atoms with Crippen LogP contribution >= 0.6 is 0 Å². The molecule has 0 spiro atoms. The van der Waals surface area contributed by atoms with E-state index in [0.717, 1.165) is 5.69 Å². The number of benzene rings is 8. The van der Waals surface area contributed by atoms with Crippen molar-refractivity contribution in [2.45, 2.75) is 0 Å². The monoisotopic (exact) mass is 610 g/mol. The molecule has 0 radical (unpaired) electrons. The molecule has 0 N–H and O–H groups in total. The van der Waals surface area contributed by atoms with Gasteiger partial charge in [0.25, 0.3) is 0 Å². The van der Waals surface area contributed by atoms with E-state index in [9.17, 15) is 0 Å². The minimum Gasteiger partial charge on any atom is -0.309 e. The van der Waals surface area contributed by atoms with E-state index in [1.54, 1.807) is 0 Å². The molecule has 224 valence electrons. The topological polar surface area (TPSA) is 9.86 Å². The standard InChI is InChI=1S/C46H30N2/c1-3-13-31(14-4-1)32-23-25-34(26-24-32)47-42-21-11-9-19-38(42)40-29-41-39-20-10-12-22-43(39)48(46(41)30-45(40)47)44-28-27-35(33-15-5-2-6-16-33)36-17-7-8-18-37(36)44/h1-30H. The Labute approximate surface area is 278 Å². The molecule has 8 aromatic carbocycles. The smallest absolute Gasteiger partial charge is 0.0562 e. The highest BCUT2D eigenvalue weighted by Crippen LogP contribution is 2.42. The molecule has 2 nitrogen and oxygen atoms in total. The minimum atomic E-state index is 1.15. The molecule has 0 saturated heterocycles. The van der Waals surface area contributed by atoms with E-state index in [0.29, 0.717) is 0 Å². The van der Waals surface area contributed by atoms with Crippen LogP contribution in [-0.2, 0) is 0 Å². The molecule has 48 heavy (non-hydrogen) atoms. The highest BCUT2D eigenvalue weighted by Gasteiger charge is 2.20. The van der Waals surface area contributed by atoms with Gasteiger partial charge in [0.15, 0.2) is 0 Å². The van der Waals surface area contributed by atoms with Crippen molar-refractivity contribution < 1.29 is 0 Å². The first-order valence-corrected chi connectivity index (χ1v) is 16.5. The molecule has 0 unspecified atom stereocenters. The van der Waals surface area contributed by atoms with Crippen molar-refractivity contribution in [3.05, 3.63) is 182 Å². The van der Waals surface area contributed by atoms with E-state index in [1.165, 1.54) is 82.3 Å². The molecule has 0 amide bonds. The highest BCUT2D eigenvalue weighted by atomic mass is 15.0. The van der Waals surface area contributed by atoms with E-state index in [1.807, 2.05) is 0 Å². The fourth-order valence-corrected chi connectivity index (χ4v) is 7.75. The maximum absolute atomic E-state index is 2.47. The van der Waals surface area contributed by atoms with Crippen LogP contribution in [0.1, 0.15) is 0 Å². The summed E-state index contributed by atoms with van der Waals surface area (Å²) < 4.78 is 4.90. The van der Waals surface area contributed by atoms with Crippen molar-refractivity contribution in [3.63, 3.8) is 0 Å². The third-order valence-electron chi connectivity index (χ3n) is 9.93. The van der Waals surface area contributed by atoms with Gasteiger partial charge in [0, 0.05) is 32.6 Å². The van der Waals surface area contributed by atoms with Crippen LogP contribution in [0.4, 0.5) is 0 Å². The Morgan fingerprint density at radius 3 is 1.44 bits per heavy atom. The summed E-state index contributed by atoms with van der Waals surface area (Å²) in [6.07, 6.45) is 0. The maximum Gasteiger partial charge on any atom is 0.0562 e. The Hall–Kier alpha value is -6.38. The number of para-hydroxylation sites is 2. The molecule has 0 saturated carbocycles. The lowest BCUT2D eigenvalue weighted by Crippen LogP contribution is -1.97. The number of hydrogen-bond acceptors (Lipinski definition) is 0. The summed E-state index contributed by atoms with van der Waals surface area (Å²) in [4.78, 5) is 0. The van der Waals surface area contributed by atoms with Gasteiger partial charge in [-0.15, -0.1) is 0 Å². The largest absolute Gasteiger partial charge is 0.309 e. The van der Waals surface area contributed by atoms with Gasteiger partial charge in [-0.3, -0.25) is 0 Å². The molecule has 2 heterocycles. The van der Waals surface area contributed by atoms with Gasteiger partial charge in [-0.2, -0.15) is 0 Å². The predicted octanol–water partition coefficient (Wildman–Crippen LogP) is 12.4. The van der Waals surface area contributed by atoms with E-state index in [2.05, 4.69) is 191 Å². The Morgan fingerprint density at radius 1 is 0.271 bits per heavy atom. The molecule has 0 aliphatic rings. The fourth-order valence-electron chi connectivity index (χ4n) is 7.75. The first-order chi connectivity index (χ1) is 23.8. The number of aromatic nitrogens is 2. The third-order valence-corrected chi connectivity index (χ3v) is 9.93. The van der Waals surface area contributed by atoms with Crippen molar-refractivity contribution in [1.82, 2.24) is 9.13 Å². The fraction of sp³-hybridized carbons (Fsp3) is 0. The zero-order chi connectivity index (χ0) is 31.6. The summed E-state index contributed by atoms with van der Waals surface area (Å²) in [7, 11) is 0. The van der Waals surface area contributed by atoms with Gasteiger partial charge in [0.1, 0.15) is 0 Å². The number of fused-ring (bicyclic) bond motifs is 7. The van der Waals surface area contributed by atoms with Crippen molar-refractivity contribution in [3.8, 4) is 33.6 Å². The number of nitrogens with zero attached hydrogens (tertiary/aromatic N) is 2. The molecule has 0 aliphatic heterocycles. The summed E-state index contributed by atoms with van der Waals surface area (Å²) >= 11 is 0. The van der Waals surface area contributed by atoms with Gasteiger partial charge >= 0.3 is 0 Å². The minimum absolute atomic E-state index is 1.15. The summed E-state index contributed by atoms with van der Waals surface area (Å²) in [5, 5.41) is 7.53. The quantitative estimate of drug-likeness (QED) is 0.188. The molecule has 0 atom stereocenters. The SMILES string of the molecule is c1ccc(-c2ccc(-n3c4ccccc4c4cc5c6ccccc6n(-c6ccc(-c7ccccc7)c7ccccc67)c5cc43)cc2)cc1. The molecule has 2 aromatic heterocycles. The normalized spacial score (nSPS) is 11.8. The van der Waals surface area contributed by atoms with E-state index < -0.39 is 0 Å². The summed E-state index contributed by atoms with van der Waals surface area (Å²) in [6.45, 7) is 0. The average Bonchev–Trinajstić information content (AvgIpc) is 3.66. The van der Waals surface area contributed by atoms with Crippen molar-refractivity contribution in [2.75, 3.05) is 0 Å². The number of rotatable bonds is 4. The second-order valence-corrected chi connectivity index (χ2v) is 12.5. The van der Waals surface area contributed by atoms with Crippen LogP contribution < -0.4 is 0 Å². The van der Waals surface area contributed by atoms with E-state index in [-0.39, 0.29) is 0 Å². The first kappa shape index (κ1) is 26.8. The van der Waals surface area contributed by atoms with Crippen LogP contribution in [0.15, 0.2) is 182 Å². The molecular weight excluding hydrogens is 581 g/mol. The first-order valence-electron chi connectivity index (χ1n) is 16.5. The Bertz CT molecular complexity index is 2800. The van der Waals surface area contributed by atoms with Crippen LogP contribution in [-0.4, -0.2) is 9.13 Å². The summed E-state index contributed by atoms with van der Waals surface area (Å²) in [5.41, 5.74) is 12.1. The molecule has 2 heteroatoms. The molecular formula is C46H30N2. The second-order valence-electron chi connectivity index (χ2n) is 12.5. The summed E-state index contributed by atoms with van der Waals surface area (Å²) in [5.74, 6) is 0. The third kappa shape index (κ3) is 4.00. The lowest BCUT2D eigenvalue weighted by atomic mass is 9.97. The van der Waals surface area contributed by atoms with Gasteiger partial charge in [0.05, 0.1) is 27.8 Å². The Kier molecular flexibility index (Phi) is 5.91. The van der Waals surface area contributed by atoms with Crippen LogP contribution in [0.5, 0.6) is 0 Å². The van der Waals surface area contributed by atoms with Crippen LogP contribution in [0.3, 0.4) is 0 Å². The Morgan fingerprint density at radius 2 is 0.771 bits per heavy atom. The van der Waals surface area contributed by atoms with Gasteiger partial charge in [-0.1, -0.05) is 140 Å². The Balaban J connectivity index is 1.27. The summed E-state index contributed by atoms with van der Waals surface area (Å²) in [6, 6.07) is 66.2. The molecule has 0 fully saturated rings. The predicted molar refractivity (Wildman–Crippen MR) is 203 cm³/mol. The van der Waals surface area contributed by atoms with Crippen LogP contribution in [0.2, 0.25) is 0 Å². The van der Waals surface area contributed by atoms with Crippen molar-refractivity contribution in [1.29, 1.82) is 0 Å².